The second-order valence-electron chi connectivity index (χ2n) is 8.98. The lowest BCUT2D eigenvalue weighted by Gasteiger charge is -2.16. The number of nitrogens with one attached hydrogen (secondary N) is 1. The highest BCUT2D eigenvalue weighted by Gasteiger charge is 2.24. The van der Waals surface area contributed by atoms with Gasteiger partial charge in [-0.25, -0.2) is 4.98 Å². The third kappa shape index (κ3) is 4.41. The van der Waals surface area contributed by atoms with Crippen LogP contribution in [0.1, 0.15) is 55.6 Å². The minimum Gasteiger partial charge on any atom is -0.306 e. The molecule has 0 bridgehead atoms. The Hall–Kier alpha value is -3.83. The van der Waals surface area contributed by atoms with Crippen LogP contribution in [0, 0.1) is 29.2 Å². The highest BCUT2D eigenvalue weighted by atomic mass is 16.1. The molecule has 1 N–H and O–H groups in total. The minimum atomic E-state index is -0.214. The lowest BCUT2D eigenvalue weighted by Crippen LogP contribution is -2.24. The predicted molar refractivity (Wildman–Crippen MR) is 130 cm³/mol. The van der Waals surface area contributed by atoms with Crippen LogP contribution in [-0.2, 0) is 7.05 Å². The number of hydrogen-bond donors (Lipinski definition) is 1. The van der Waals surface area contributed by atoms with Crippen LogP contribution in [0.25, 0.3) is 22.5 Å². The maximum atomic E-state index is 13.2. The van der Waals surface area contributed by atoms with Crippen LogP contribution in [-0.4, -0.2) is 9.55 Å². The molecule has 5 heteroatoms. The van der Waals surface area contributed by atoms with Crippen molar-refractivity contribution in [1.29, 1.82) is 5.26 Å². The molecule has 0 amide bonds. The first-order valence-corrected chi connectivity index (χ1v) is 11.6. The number of hydrogen-bond acceptors (Lipinski definition) is 4. The van der Waals surface area contributed by atoms with Gasteiger partial charge in [0.15, 0.2) is 0 Å². The van der Waals surface area contributed by atoms with Crippen LogP contribution in [0.3, 0.4) is 0 Å². The van der Waals surface area contributed by atoms with Gasteiger partial charge in [-0.15, -0.1) is 0 Å². The lowest BCUT2D eigenvalue weighted by molar-refractivity contribution is 0.712. The third-order valence-corrected chi connectivity index (χ3v) is 6.62. The van der Waals surface area contributed by atoms with Crippen molar-refractivity contribution < 1.29 is 0 Å². The summed E-state index contributed by atoms with van der Waals surface area (Å²) >= 11 is 0. The van der Waals surface area contributed by atoms with Gasteiger partial charge in [0.05, 0.1) is 23.0 Å². The molecule has 5 nitrogen and oxygen atoms in total. The van der Waals surface area contributed by atoms with Crippen LogP contribution in [0.15, 0.2) is 53.3 Å². The number of aromatic nitrogens is 2. The fourth-order valence-corrected chi connectivity index (χ4v) is 4.54. The maximum Gasteiger partial charge on any atom is 0.294 e. The molecule has 2 aliphatic carbocycles. The molecule has 2 fully saturated rings. The molecule has 2 saturated carbocycles. The van der Waals surface area contributed by atoms with Crippen molar-refractivity contribution in [2.24, 2.45) is 13.0 Å². The quantitative estimate of drug-likeness (QED) is 0.439. The van der Waals surface area contributed by atoms with Crippen molar-refractivity contribution in [3.63, 3.8) is 0 Å². The van der Waals surface area contributed by atoms with Crippen LogP contribution < -0.4 is 10.9 Å². The summed E-state index contributed by atoms with van der Waals surface area (Å²) in [6.07, 6.45) is 7.17. The zero-order valence-electron chi connectivity index (χ0n) is 18.8. The predicted octanol–water partition coefficient (Wildman–Crippen LogP) is 5.43. The van der Waals surface area contributed by atoms with Crippen LogP contribution in [0.5, 0.6) is 0 Å². The van der Waals surface area contributed by atoms with Gasteiger partial charge < -0.3 is 4.57 Å². The summed E-state index contributed by atoms with van der Waals surface area (Å²) in [4.78, 5) is 17.9. The molecule has 1 aromatic heterocycles. The van der Waals surface area contributed by atoms with Crippen LogP contribution in [0.4, 0.5) is 5.82 Å². The van der Waals surface area contributed by atoms with Gasteiger partial charge in [-0.3, -0.25) is 10.1 Å². The molecule has 33 heavy (non-hydrogen) atoms. The normalized spacial score (nSPS) is 15.5. The van der Waals surface area contributed by atoms with E-state index in [0.29, 0.717) is 23.1 Å². The molecule has 0 saturated heterocycles. The Morgan fingerprint density at radius 2 is 1.64 bits per heavy atom. The highest BCUT2D eigenvalue weighted by Crippen LogP contribution is 2.41. The average Bonchev–Trinajstić information content (AvgIpc) is 3.57. The third-order valence-electron chi connectivity index (χ3n) is 6.62. The highest BCUT2D eigenvalue weighted by molar-refractivity contribution is 5.79. The Morgan fingerprint density at radius 3 is 2.27 bits per heavy atom. The fraction of sp³-hybridized carbons (Fsp3) is 0.321. The molecule has 3 aromatic rings. The second-order valence-corrected chi connectivity index (χ2v) is 8.98. The molecule has 0 spiro atoms. The fourth-order valence-electron chi connectivity index (χ4n) is 4.54. The minimum absolute atomic E-state index is 0.214. The van der Waals surface area contributed by atoms with Crippen molar-refractivity contribution in [3.8, 4) is 40.5 Å². The van der Waals surface area contributed by atoms with E-state index in [1.54, 1.807) is 23.7 Å². The second kappa shape index (κ2) is 8.96. The Morgan fingerprint density at radius 1 is 0.970 bits per heavy atom. The van der Waals surface area contributed by atoms with E-state index in [-0.39, 0.29) is 11.4 Å². The first kappa shape index (κ1) is 21.0. The van der Waals surface area contributed by atoms with E-state index >= 15 is 0 Å². The summed E-state index contributed by atoms with van der Waals surface area (Å²) in [6, 6.07) is 20.9. The Kier molecular flexibility index (Phi) is 5.71. The van der Waals surface area contributed by atoms with Gasteiger partial charge in [0.25, 0.3) is 5.56 Å². The van der Waals surface area contributed by atoms with Crippen molar-refractivity contribution >= 4 is 5.82 Å². The number of anilines is 1. The number of nitrogens with zero attached hydrogens (tertiary/aromatic N) is 3. The molecule has 2 aromatic carbocycles. The smallest absolute Gasteiger partial charge is 0.294 e. The van der Waals surface area contributed by atoms with Gasteiger partial charge in [-0.2, -0.15) is 5.26 Å². The lowest BCUT2D eigenvalue weighted by atomic mass is 10.0. The maximum absolute atomic E-state index is 13.2. The monoisotopic (exact) mass is 434 g/mol. The standard InChI is InChI=1S/C28H26N4O/c1-32-26(24-14-12-22(13-15-24)21-10-11-21)25(23-8-6-20(18-29)7-9-23)31-27(28(32)33)30-17-16-19-4-2-3-5-19/h6-9,12-15,19,21H,2-5,10-11H2,1H3,(H,30,31). The summed E-state index contributed by atoms with van der Waals surface area (Å²) in [6.45, 7) is 0. The van der Waals surface area contributed by atoms with E-state index in [1.165, 1.54) is 31.2 Å². The van der Waals surface area contributed by atoms with Crippen molar-refractivity contribution in [2.45, 2.75) is 44.4 Å². The van der Waals surface area contributed by atoms with Crippen molar-refractivity contribution in [3.05, 3.63) is 70.0 Å². The number of nitriles is 1. The summed E-state index contributed by atoms with van der Waals surface area (Å²) in [7, 11) is 1.77. The molecule has 0 unspecified atom stereocenters. The van der Waals surface area contributed by atoms with Gasteiger partial charge in [0.1, 0.15) is 0 Å². The van der Waals surface area contributed by atoms with E-state index in [2.05, 4.69) is 47.6 Å². The largest absolute Gasteiger partial charge is 0.306 e. The van der Waals surface area contributed by atoms with Crippen LogP contribution in [0.2, 0.25) is 0 Å². The summed E-state index contributed by atoms with van der Waals surface area (Å²) in [5, 5.41) is 12.1. The van der Waals surface area contributed by atoms with E-state index in [9.17, 15) is 10.1 Å². The van der Waals surface area contributed by atoms with Gasteiger partial charge >= 0.3 is 0 Å². The molecule has 164 valence electrons. The molecule has 0 aliphatic heterocycles. The molecule has 2 aliphatic rings. The SMILES string of the molecule is Cn1c(-c2ccc(C3CC3)cc2)c(-c2ccc(C#N)cc2)nc(NC#CC2CCCC2)c1=O. The first-order valence-electron chi connectivity index (χ1n) is 11.6. The number of rotatable bonds is 4. The van der Waals surface area contributed by atoms with Gasteiger partial charge in [-0.05, 0) is 49.3 Å². The van der Waals surface area contributed by atoms with Gasteiger partial charge in [0, 0.05) is 30.1 Å². The average molecular weight is 435 g/mol. The van der Waals surface area contributed by atoms with E-state index in [1.807, 2.05) is 12.1 Å². The Bertz CT molecular complexity index is 1320. The number of benzene rings is 2. The first-order chi connectivity index (χ1) is 16.1. The molecule has 0 atom stereocenters. The van der Waals surface area contributed by atoms with E-state index < -0.39 is 0 Å². The van der Waals surface area contributed by atoms with Gasteiger partial charge in [-0.1, -0.05) is 55.2 Å². The van der Waals surface area contributed by atoms with Crippen LogP contribution >= 0.6 is 0 Å². The summed E-state index contributed by atoms with van der Waals surface area (Å²) in [5.41, 5.74) is 4.94. The van der Waals surface area contributed by atoms with E-state index in [0.717, 1.165) is 29.7 Å². The summed E-state index contributed by atoms with van der Waals surface area (Å²) < 4.78 is 1.65. The zero-order valence-corrected chi connectivity index (χ0v) is 18.8. The Labute approximate surface area is 194 Å². The molecule has 1 heterocycles. The molecule has 0 radical (unpaired) electrons. The summed E-state index contributed by atoms with van der Waals surface area (Å²) in [5.74, 6) is 4.52. The molecule has 5 rings (SSSR count). The molecular formula is C28H26N4O. The molecular weight excluding hydrogens is 408 g/mol. The van der Waals surface area contributed by atoms with E-state index in [4.69, 9.17) is 4.98 Å². The zero-order chi connectivity index (χ0) is 22.8. The topological polar surface area (TPSA) is 70.7 Å². The van der Waals surface area contributed by atoms with Gasteiger partial charge in [0.2, 0.25) is 5.82 Å². The Balaban J connectivity index is 1.59. The van der Waals surface area contributed by atoms with Crippen molar-refractivity contribution in [2.75, 3.05) is 5.32 Å². The van der Waals surface area contributed by atoms with Crippen molar-refractivity contribution in [1.82, 2.24) is 9.55 Å².